The summed E-state index contributed by atoms with van der Waals surface area (Å²) in [5.74, 6) is -0.541. The summed E-state index contributed by atoms with van der Waals surface area (Å²) in [7, 11) is 0. The van der Waals surface area contributed by atoms with E-state index in [0.717, 1.165) is 5.56 Å². The fourth-order valence-electron chi connectivity index (χ4n) is 3.39. The van der Waals surface area contributed by atoms with Crippen LogP contribution in [0.5, 0.6) is 0 Å². The molecular weight excluding hydrogens is 411 g/mol. The minimum absolute atomic E-state index is 0.0655. The van der Waals surface area contributed by atoms with Gasteiger partial charge >= 0.3 is 0 Å². The van der Waals surface area contributed by atoms with Crippen molar-refractivity contribution in [2.45, 2.75) is 19.1 Å². The summed E-state index contributed by atoms with van der Waals surface area (Å²) in [6.07, 6.45) is 2.92. The lowest BCUT2D eigenvalue weighted by Gasteiger charge is -2.30. The van der Waals surface area contributed by atoms with Gasteiger partial charge in [-0.05, 0) is 47.5 Å². The van der Waals surface area contributed by atoms with E-state index >= 15 is 0 Å². The van der Waals surface area contributed by atoms with Gasteiger partial charge in [0, 0.05) is 6.54 Å². The molecule has 7 heteroatoms. The molecule has 0 spiro atoms. The monoisotopic (exact) mass is 432 g/mol. The van der Waals surface area contributed by atoms with Crippen LogP contribution >= 0.6 is 0 Å². The highest BCUT2D eigenvalue weighted by atomic mass is 19.1. The Balaban J connectivity index is 1.66. The van der Waals surface area contributed by atoms with E-state index < -0.39 is 11.9 Å². The van der Waals surface area contributed by atoms with Crippen LogP contribution in [0.15, 0.2) is 100 Å². The highest BCUT2D eigenvalue weighted by Crippen LogP contribution is 2.26. The van der Waals surface area contributed by atoms with Gasteiger partial charge in [-0.1, -0.05) is 42.5 Å². The highest BCUT2D eigenvalue weighted by molar-refractivity contribution is 5.96. The number of carbonyl (C=O) groups excluding carboxylic acids is 2. The fraction of sp³-hybridized carbons (Fsp3) is 0.120. The lowest BCUT2D eigenvalue weighted by molar-refractivity contribution is -0.126. The van der Waals surface area contributed by atoms with Crippen molar-refractivity contribution in [2.24, 2.45) is 0 Å². The second-order valence-electron chi connectivity index (χ2n) is 7.15. The maximum absolute atomic E-state index is 13.4. The number of furan rings is 2. The summed E-state index contributed by atoms with van der Waals surface area (Å²) in [4.78, 5) is 28.1. The van der Waals surface area contributed by atoms with Gasteiger partial charge in [-0.2, -0.15) is 0 Å². The van der Waals surface area contributed by atoms with Crippen molar-refractivity contribution < 1.29 is 22.8 Å². The van der Waals surface area contributed by atoms with E-state index in [1.165, 1.54) is 29.6 Å². The molecule has 2 aromatic carbocycles. The maximum Gasteiger partial charge on any atom is 0.290 e. The number of benzene rings is 2. The summed E-state index contributed by atoms with van der Waals surface area (Å²) in [6.45, 7) is 0.252. The molecule has 2 heterocycles. The molecule has 0 aliphatic rings. The lowest BCUT2D eigenvalue weighted by Crippen LogP contribution is -2.43. The number of carbonyl (C=O) groups is 2. The number of rotatable bonds is 8. The van der Waals surface area contributed by atoms with Gasteiger partial charge in [0.2, 0.25) is 5.91 Å². The Morgan fingerprint density at radius 2 is 1.59 bits per heavy atom. The van der Waals surface area contributed by atoms with Crippen LogP contribution in [0, 0.1) is 5.82 Å². The second kappa shape index (κ2) is 9.78. The first kappa shape index (κ1) is 21.1. The van der Waals surface area contributed by atoms with Crippen LogP contribution in [0.2, 0.25) is 0 Å². The summed E-state index contributed by atoms with van der Waals surface area (Å²) in [5.41, 5.74) is 1.37. The van der Waals surface area contributed by atoms with Gasteiger partial charge in [0.05, 0.1) is 19.1 Å². The molecule has 1 N–H and O–H groups in total. The van der Waals surface area contributed by atoms with E-state index in [0.29, 0.717) is 11.3 Å². The molecule has 2 aromatic heterocycles. The number of hydrogen-bond donors (Lipinski definition) is 1. The van der Waals surface area contributed by atoms with Crippen LogP contribution in [0.1, 0.15) is 33.5 Å². The molecule has 0 radical (unpaired) electrons. The highest BCUT2D eigenvalue weighted by Gasteiger charge is 2.33. The van der Waals surface area contributed by atoms with Gasteiger partial charge in [0.25, 0.3) is 5.91 Å². The van der Waals surface area contributed by atoms with Crippen LogP contribution < -0.4 is 5.32 Å². The number of nitrogens with zero attached hydrogens (tertiary/aromatic N) is 1. The minimum Gasteiger partial charge on any atom is -0.467 e. The van der Waals surface area contributed by atoms with E-state index in [9.17, 15) is 14.0 Å². The normalized spacial score (nSPS) is 11.7. The van der Waals surface area contributed by atoms with Gasteiger partial charge in [-0.25, -0.2) is 4.39 Å². The molecule has 32 heavy (non-hydrogen) atoms. The first-order valence-corrected chi connectivity index (χ1v) is 10.1. The predicted molar refractivity (Wildman–Crippen MR) is 115 cm³/mol. The molecule has 0 aliphatic carbocycles. The van der Waals surface area contributed by atoms with Crippen molar-refractivity contribution >= 4 is 11.8 Å². The number of hydrogen-bond acceptors (Lipinski definition) is 4. The quantitative estimate of drug-likeness (QED) is 0.438. The summed E-state index contributed by atoms with van der Waals surface area (Å²) in [5, 5.41) is 2.86. The van der Waals surface area contributed by atoms with Gasteiger partial charge < -0.3 is 19.1 Å². The first-order chi connectivity index (χ1) is 15.6. The average Bonchev–Trinajstić information content (AvgIpc) is 3.53. The van der Waals surface area contributed by atoms with E-state index in [1.54, 1.807) is 60.7 Å². The molecule has 0 saturated carbocycles. The molecule has 0 unspecified atom stereocenters. The zero-order valence-corrected chi connectivity index (χ0v) is 17.1. The average molecular weight is 432 g/mol. The maximum atomic E-state index is 13.4. The van der Waals surface area contributed by atoms with Gasteiger partial charge in [0.15, 0.2) is 5.76 Å². The second-order valence-corrected chi connectivity index (χ2v) is 7.15. The van der Waals surface area contributed by atoms with Crippen LogP contribution in [-0.4, -0.2) is 16.7 Å². The molecule has 1 atom stereocenters. The summed E-state index contributed by atoms with van der Waals surface area (Å²) in [6, 6.07) is 20.6. The molecule has 4 aromatic rings. The Kier molecular flexibility index (Phi) is 6.46. The molecule has 0 fully saturated rings. The molecule has 162 valence electrons. The van der Waals surface area contributed by atoms with E-state index in [2.05, 4.69) is 5.32 Å². The smallest absolute Gasteiger partial charge is 0.290 e. The van der Waals surface area contributed by atoms with Crippen LogP contribution in [-0.2, 0) is 17.9 Å². The zero-order chi connectivity index (χ0) is 22.3. The van der Waals surface area contributed by atoms with Gasteiger partial charge in [0.1, 0.15) is 17.6 Å². The van der Waals surface area contributed by atoms with Crippen LogP contribution in [0.25, 0.3) is 0 Å². The SMILES string of the molecule is O=C(NCc1ccc(F)cc1)[C@H](c1ccccc1)N(Cc1ccco1)C(=O)c1ccco1. The Hall–Kier alpha value is -4.13. The lowest BCUT2D eigenvalue weighted by atomic mass is 10.0. The minimum atomic E-state index is -0.945. The van der Waals surface area contributed by atoms with Gasteiger partial charge in [-0.3, -0.25) is 9.59 Å². The van der Waals surface area contributed by atoms with Crippen molar-refractivity contribution in [3.05, 3.63) is 120 Å². The molecule has 6 nitrogen and oxygen atoms in total. The zero-order valence-electron chi connectivity index (χ0n) is 17.1. The van der Waals surface area contributed by atoms with E-state index in [1.807, 2.05) is 6.07 Å². The third kappa shape index (κ3) is 4.95. The topological polar surface area (TPSA) is 75.7 Å². The largest absolute Gasteiger partial charge is 0.467 e. The predicted octanol–water partition coefficient (Wildman–Crippen LogP) is 4.71. The van der Waals surface area contributed by atoms with E-state index in [4.69, 9.17) is 8.83 Å². The number of nitrogens with one attached hydrogen (secondary N) is 1. The standard InChI is InChI=1S/C25H21FN2O4/c26-20-12-10-18(11-13-20)16-27-24(29)23(19-6-2-1-3-7-19)28(17-21-8-4-14-31-21)25(30)22-9-5-15-32-22/h1-15,23H,16-17H2,(H,27,29)/t23-/m0/s1. The number of amides is 2. The van der Waals surface area contributed by atoms with Gasteiger partial charge in [-0.15, -0.1) is 0 Å². The Bertz CT molecular complexity index is 1140. The van der Waals surface area contributed by atoms with Crippen molar-refractivity contribution in [2.75, 3.05) is 0 Å². The fourth-order valence-corrected chi connectivity index (χ4v) is 3.39. The van der Waals surface area contributed by atoms with Crippen molar-refractivity contribution in [1.29, 1.82) is 0 Å². The van der Waals surface area contributed by atoms with Crippen molar-refractivity contribution in [3.63, 3.8) is 0 Å². The summed E-state index contributed by atoms with van der Waals surface area (Å²) < 4.78 is 24.0. The molecule has 4 rings (SSSR count). The number of halogens is 1. The van der Waals surface area contributed by atoms with E-state index in [-0.39, 0.29) is 30.6 Å². The van der Waals surface area contributed by atoms with Crippen LogP contribution in [0.4, 0.5) is 4.39 Å². The molecule has 2 amide bonds. The Morgan fingerprint density at radius 3 is 2.25 bits per heavy atom. The molecule has 0 aliphatic heterocycles. The molecular formula is C25H21FN2O4. The van der Waals surface area contributed by atoms with Crippen molar-refractivity contribution in [1.82, 2.24) is 10.2 Å². The van der Waals surface area contributed by atoms with Crippen LogP contribution in [0.3, 0.4) is 0 Å². The Labute approximate surface area is 184 Å². The first-order valence-electron chi connectivity index (χ1n) is 10.1. The third-order valence-electron chi connectivity index (χ3n) is 4.95. The third-order valence-corrected chi connectivity index (χ3v) is 4.95. The molecule has 0 bridgehead atoms. The molecule has 0 saturated heterocycles. The van der Waals surface area contributed by atoms with Crippen molar-refractivity contribution in [3.8, 4) is 0 Å². The Morgan fingerprint density at radius 1 is 0.875 bits per heavy atom. The summed E-state index contributed by atoms with van der Waals surface area (Å²) >= 11 is 0.